The SMILES string of the molecule is COc1cc(=C2N=c3ccc(CC(C)N4CCC(CNC(=O)c5ccc(S(=O)(=O)NC(=O)c6[nH]c7c(-c8c(C)nn(C)c8C)c(Cl)ccc7c6CCCOc6cc(C)c(Cl)c(C)c6)o5)CC4)cc3=C2CNNN)[nH]/c1=C\c1[nH]c(C)cc1C. The topological polar surface area (TPSA) is 255 Å². The quantitative estimate of drug-likeness (QED) is 0.0229. The van der Waals surface area contributed by atoms with Gasteiger partial charge in [-0.25, -0.2) is 15.1 Å². The van der Waals surface area contributed by atoms with Gasteiger partial charge in [-0.05, 0) is 182 Å². The molecule has 436 valence electrons. The second-order valence-corrected chi connectivity index (χ2v) is 24.2. The van der Waals surface area contributed by atoms with E-state index < -0.39 is 26.9 Å². The number of H-pyrrole nitrogens is 3. The van der Waals surface area contributed by atoms with Gasteiger partial charge >= 0.3 is 0 Å². The zero-order valence-electron chi connectivity index (χ0n) is 48.0. The first-order valence-electron chi connectivity index (χ1n) is 27.7. The van der Waals surface area contributed by atoms with E-state index in [2.05, 4.69) is 90.1 Å². The lowest BCUT2D eigenvalue weighted by molar-refractivity contribution is 0.0894. The third-order valence-corrected chi connectivity index (χ3v) is 18.1. The van der Waals surface area contributed by atoms with Crippen LogP contribution >= 0.6 is 23.2 Å². The number of carbonyl (C=O) groups excluding carboxylic acids is 2. The number of ether oxygens (including phenoxy) is 2. The smallest absolute Gasteiger partial charge is 0.297 e. The normalized spacial score (nSPS) is 15.3. The molecule has 2 amide bonds. The van der Waals surface area contributed by atoms with Crippen molar-refractivity contribution in [2.45, 2.75) is 91.7 Å². The number of nitrogens with zero attached hydrogens (tertiary/aromatic N) is 4. The number of benzene rings is 3. The van der Waals surface area contributed by atoms with Crippen LogP contribution in [0.4, 0.5) is 0 Å². The number of methoxy groups -OCH3 is 1. The highest BCUT2D eigenvalue weighted by atomic mass is 35.5. The summed E-state index contributed by atoms with van der Waals surface area (Å²) in [5, 5.41) is 12.3. The van der Waals surface area contributed by atoms with Crippen molar-refractivity contribution in [3.05, 3.63) is 160 Å². The van der Waals surface area contributed by atoms with E-state index in [9.17, 15) is 18.0 Å². The number of furan rings is 1. The Kier molecular flexibility index (Phi) is 17.3. The minimum Gasteiger partial charge on any atom is -0.494 e. The fourth-order valence-electron chi connectivity index (χ4n) is 11.6. The number of rotatable bonds is 20. The summed E-state index contributed by atoms with van der Waals surface area (Å²) in [7, 11) is -1.11. The van der Waals surface area contributed by atoms with Gasteiger partial charge in [0, 0.05) is 81.7 Å². The molecule has 2 aliphatic rings. The van der Waals surface area contributed by atoms with Gasteiger partial charge in [-0.3, -0.25) is 20.1 Å². The monoisotopic (exact) mass is 1180 g/mol. The van der Waals surface area contributed by atoms with Gasteiger partial charge in [0.05, 0.1) is 51.7 Å². The van der Waals surface area contributed by atoms with Gasteiger partial charge in [0.1, 0.15) is 17.2 Å². The first kappa shape index (κ1) is 58.8. The van der Waals surface area contributed by atoms with E-state index in [1.807, 2.05) is 65.9 Å². The number of fused-ring (bicyclic) bond motifs is 2. The predicted molar refractivity (Wildman–Crippen MR) is 323 cm³/mol. The molecular weight excluding hydrogens is 1120 g/mol. The summed E-state index contributed by atoms with van der Waals surface area (Å²) in [6.45, 7) is 16.8. The molecule has 10 rings (SSSR count). The van der Waals surface area contributed by atoms with Crippen LogP contribution in [0.15, 0.2) is 81.2 Å². The van der Waals surface area contributed by atoms with Crippen LogP contribution < -0.4 is 57.6 Å². The largest absolute Gasteiger partial charge is 0.494 e. The van der Waals surface area contributed by atoms with Crippen molar-refractivity contribution in [3.8, 4) is 22.6 Å². The minimum absolute atomic E-state index is 0.0290. The number of nitrogens with one attached hydrogen (secondary N) is 7. The number of hydrogen-bond donors (Lipinski definition) is 8. The third-order valence-electron chi connectivity index (χ3n) is 16.0. The molecular formula is C61H70Cl2N12O7S. The first-order valence-corrected chi connectivity index (χ1v) is 29.9. The molecule has 1 saturated heterocycles. The Morgan fingerprint density at radius 2 is 1.69 bits per heavy atom. The Morgan fingerprint density at radius 1 is 0.928 bits per heavy atom. The molecule has 22 heteroatoms. The fourth-order valence-corrected chi connectivity index (χ4v) is 12.8. The van der Waals surface area contributed by atoms with E-state index in [0.29, 0.717) is 76.1 Å². The van der Waals surface area contributed by atoms with Crippen molar-refractivity contribution in [1.82, 2.24) is 50.6 Å². The molecule has 83 heavy (non-hydrogen) atoms. The van der Waals surface area contributed by atoms with Gasteiger partial charge in [0.2, 0.25) is 5.09 Å². The Balaban J connectivity index is 0.775. The van der Waals surface area contributed by atoms with Crippen LogP contribution in [-0.2, 0) is 29.9 Å². The van der Waals surface area contributed by atoms with Crippen molar-refractivity contribution in [2.24, 2.45) is 23.8 Å². The van der Waals surface area contributed by atoms with Crippen LogP contribution in [0.25, 0.3) is 39.4 Å². The molecule has 0 spiro atoms. The minimum atomic E-state index is -4.61. The maximum atomic E-state index is 14.3. The zero-order chi connectivity index (χ0) is 59.0. The molecule has 2 aliphatic heterocycles. The van der Waals surface area contributed by atoms with E-state index in [4.69, 9.17) is 47.9 Å². The first-order chi connectivity index (χ1) is 39.7. The highest BCUT2D eigenvalue weighted by Crippen LogP contribution is 2.40. The van der Waals surface area contributed by atoms with Crippen LogP contribution in [0.5, 0.6) is 11.5 Å². The molecule has 0 bridgehead atoms. The molecule has 9 N–H and O–H groups in total. The highest BCUT2D eigenvalue weighted by Gasteiger charge is 2.30. The Hall–Kier alpha value is -7.43. The summed E-state index contributed by atoms with van der Waals surface area (Å²) < 4.78 is 49.3. The van der Waals surface area contributed by atoms with Crippen molar-refractivity contribution in [1.29, 1.82) is 0 Å². The summed E-state index contributed by atoms with van der Waals surface area (Å²) in [5.41, 5.74) is 17.8. The van der Waals surface area contributed by atoms with Gasteiger partial charge in [0.15, 0.2) is 5.76 Å². The summed E-state index contributed by atoms with van der Waals surface area (Å²) in [6.07, 6.45) is 5.39. The number of aromatic nitrogens is 5. The number of piperidine rings is 1. The third kappa shape index (κ3) is 12.3. The predicted octanol–water partition coefficient (Wildman–Crippen LogP) is 6.58. The zero-order valence-corrected chi connectivity index (χ0v) is 50.4. The van der Waals surface area contributed by atoms with E-state index in [1.165, 1.54) is 17.7 Å². The van der Waals surface area contributed by atoms with Crippen LogP contribution in [0.2, 0.25) is 10.0 Å². The van der Waals surface area contributed by atoms with E-state index >= 15 is 0 Å². The van der Waals surface area contributed by atoms with Crippen molar-refractivity contribution in [3.63, 3.8) is 0 Å². The molecule has 0 aliphatic carbocycles. The summed E-state index contributed by atoms with van der Waals surface area (Å²) >= 11 is 13.3. The van der Waals surface area contributed by atoms with E-state index in [1.54, 1.807) is 17.9 Å². The van der Waals surface area contributed by atoms with E-state index in [-0.39, 0.29) is 23.4 Å². The molecule has 1 atom stereocenters. The lowest BCUT2D eigenvalue weighted by atomic mass is 9.94. The number of aryl methyl sites for hydroxylation is 7. The van der Waals surface area contributed by atoms with Crippen molar-refractivity contribution >= 4 is 73.3 Å². The molecule has 3 aromatic carbocycles. The molecule has 7 heterocycles. The Labute approximate surface area is 491 Å². The second-order valence-electron chi connectivity index (χ2n) is 21.8. The van der Waals surface area contributed by atoms with Crippen molar-refractivity contribution < 1.29 is 31.9 Å². The van der Waals surface area contributed by atoms with Gasteiger partial charge < -0.3 is 39.1 Å². The molecule has 8 aromatic rings. The Morgan fingerprint density at radius 3 is 2.37 bits per heavy atom. The number of carbonyl (C=O) groups is 2. The molecule has 0 radical (unpaired) electrons. The average molecular weight is 1190 g/mol. The number of likely N-dealkylation sites (tertiary alicyclic amines) is 1. The summed E-state index contributed by atoms with van der Waals surface area (Å²) in [6, 6.07) is 20.5. The maximum absolute atomic E-state index is 14.3. The summed E-state index contributed by atoms with van der Waals surface area (Å²) in [5.74, 6) is 5.60. The highest BCUT2D eigenvalue weighted by molar-refractivity contribution is 7.90. The van der Waals surface area contributed by atoms with Crippen LogP contribution in [0.1, 0.15) is 97.8 Å². The number of aromatic amines is 3. The number of halogens is 2. The van der Waals surface area contributed by atoms with Gasteiger partial charge in [-0.2, -0.15) is 19.1 Å². The number of amides is 2. The van der Waals surface area contributed by atoms with Crippen LogP contribution in [0.3, 0.4) is 0 Å². The number of hydrazine groups is 2. The lowest BCUT2D eigenvalue weighted by Crippen LogP contribution is -2.43. The van der Waals surface area contributed by atoms with Crippen LogP contribution in [0, 0.1) is 47.5 Å². The van der Waals surface area contributed by atoms with Gasteiger partial charge in [-0.15, -0.1) is 0 Å². The Bertz CT molecular complexity index is 4180. The second kappa shape index (κ2) is 24.4. The van der Waals surface area contributed by atoms with E-state index in [0.717, 1.165) is 110 Å². The number of nitrogens with two attached hydrogens (primary N) is 1. The van der Waals surface area contributed by atoms with Crippen molar-refractivity contribution in [2.75, 3.05) is 39.9 Å². The molecule has 5 aromatic heterocycles. The standard InChI is InChI=1S/C61H70Cl2N12O7S/c1-32-23-35(4)67-48(32)28-49-52(80-9)29-50(68-49)57-45(31-66-73-64)44-27-40(12-15-47(44)69-57)26-36(5)75-20-18-39(19-21-75)30-65-60(76)51-16-17-53(82-51)83(78,79)72-61(77)59-42(11-10-22-81-41-24-33(2)56(63)34(3)25-41)43-13-14-46(62)55(58(43)70-59)54-37(6)71-74(8)38(54)7/h12-17,23-25,27-29,36,39,66-68,70,73H,10-11,18-22,26,30-31,64H2,1-9H3,(H,65,76)(H,72,77)/b49-28-,57-50?. The summed E-state index contributed by atoms with van der Waals surface area (Å²) in [4.78, 5) is 45.5. The molecule has 0 saturated carbocycles. The van der Waals surface area contributed by atoms with Gasteiger partial charge in [-0.1, -0.05) is 35.3 Å². The number of hydrogen-bond acceptors (Lipinski definition) is 13. The maximum Gasteiger partial charge on any atom is 0.297 e. The molecule has 19 nitrogen and oxygen atoms in total. The molecule has 1 fully saturated rings. The lowest BCUT2D eigenvalue weighted by Gasteiger charge is -2.36. The number of sulfonamides is 1. The average Bonchev–Trinajstić information content (AvgIpc) is 3.52. The molecule has 1 unspecified atom stereocenters. The fraction of sp³-hybridized carbons (Fsp3) is 0.344. The van der Waals surface area contributed by atoms with Crippen LogP contribution in [-0.4, -0.2) is 95.8 Å². The van der Waals surface area contributed by atoms with Gasteiger partial charge in [0.25, 0.3) is 21.8 Å².